The number of ether oxygens (including phenoxy) is 13. The Morgan fingerprint density at radius 2 is 0.919 bits per heavy atom. The lowest BCUT2D eigenvalue weighted by molar-refractivity contribution is -0.272. The fraction of sp³-hybridized carbons (Fsp3) is 0.776. The molecule has 0 saturated carbocycles. The number of hydrogen-bond acceptors (Lipinski definition) is 33. The first-order valence-electron chi connectivity index (χ1n) is 36.1. The maximum atomic E-state index is 14.0. The number of rotatable bonds is 64. The highest BCUT2D eigenvalue weighted by Gasteiger charge is 2.46. The van der Waals surface area contributed by atoms with E-state index in [2.05, 4.69) is 58.5 Å². The number of benzene rings is 1. The lowest BCUT2D eigenvalue weighted by atomic mass is 9.95. The molecule has 15 atom stereocenters. The second kappa shape index (κ2) is 60.5. The summed E-state index contributed by atoms with van der Waals surface area (Å²) in [6.45, 7) is 2.29. The van der Waals surface area contributed by atoms with Crippen molar-refractivity contribution < 1.29 is 151 Å². The summed E-state index contributed by atoms with van der Waals surface area (Å²) in [7, 11) is 1.67. The summed E-state index contributed by atoms with van der Waals surface area (Å²) in [5, 5.41) is 141. The zero-order valence-corrected chi connectivity index (χ0v) is 65.1. The molecule has 111 heavy (non-hydrogen) atoms. The van der Waals surface area contributed by atoms with Gasteiger partial charge in [-0.3, -0.25) is 33.6 Å². The van der Waals surface area contributed by atoms with Gasteiger partial charge < -0.3 is 176 Å². The van der Waals surface area contributed by atoms with Gasteiger partial charge in [-0.2, -0.15) is 0 Å². The predicted molar refractivity (Wildman–Crippen MR) is 399 cm³/mol. The van der Waals surface area contributed by atoms with E-state index in [1.165, 1.54) is 13.8 Å². The molecule has 42 nitrogen and oxygen atoms in total. The minimum absolute atomic E-state index is 0.0304. The summed E-state index contributed by atoms with van der Waals surface area (Å²) >= 11 is 10.7. The van der Waals surface area contributed by atoms with Crippen LogP contribution in [-0.4, -0.2) is 385 Å². The molecule has 22 N–H and O–H groups in total. The van der Waals surface area contributed by atoms with Crippen molar-refractivity contribution in [2.24, 2.45) is 5.92 Å². The molecule has 640 valence electrons. The fourth-order valence-electron chi connectivity index (χ4n) is 9.87. The van der Waals surface area contributed by atoms with Crippen LogP contribution in [0, 0.1) is 5.92 Å². The summed E-state index contributed by atoms with van der Waals surface area (Å²) in [6.07, 6.45) is -15.7. The van der Waals surface area contributed by atoms with Crippen LogP contribution in [0.2, 0.25) is 0 Å². The second-order valence-electron chi connectivity index (χ2n) is 25.0. The lowest BCUT2D eigenvalue weighted by Gasteiger charge is -2.42. The van der Waals surface area contributed by atoms with Gasteiger partial charge in [-0.25, -0.2) is 0 Å². The number of carbonyl (C=O) groups is 7. The van der Waals surface area contributed by atoms with Crippen LogP contribution in [0.3, 0.4) is 0 Å². The molecule has 0 radical (unpaired) electrons. The molecule has 6 unspecified atom stereocenters. The summed E-state index contributed by atoms with van der Waals surface area (Å²) in [5.41, 5.74) is -0.270. The average molecular weight is 1640 g/mol. The van der Waals surface area contributed by atoms with E-state index in [1.807, 2.05) is 0 Å². The normalized spacial score (nSPS) is 18.5. The van der Waals surface area contributed by atoms with Gasteiger partial charge in [0.15, 0.2) is 29.1 Å². The Kier molecular flexibility index (Phi) is 55.0. The topological polar surface area (TPSA) is 594 Å². The Morgan fingerprint density at radius 3 is 1.32 bits per heavy atom. The highest BCUT2D eigenvalue weighted by Crippen LogP contribution is 2.23. The van der Waals surface area contributed by atoms with Gasteiger partial charge in [0.05, 0.1) is 164 Å². The largest absolute Gasteiger partial charge is 0.396 e. The van der Waals surface area contributed by atoms with Crippen molar-refractivity contribution in [3.63, 3.8) is 0 Å². The SMILES string of the molecule is CNC(=S)Nc1ccc(NC(=S)NCC(=O)NC(COCCC(=O)NCCOCCOCCO[C@@H]2OC(CO)[C@H](O)[C@H](O)C2NC(C)=O)(COCCC(=O)NCCOCCOCCO[C@H](O)C(NC(C)=O)[C@@H](O)[C@@H](O)CCO)COCCC(=O)NCCOCCOCCO[C@H](O)C(NC(C)=O)[C@@H](O)[C@@H](O)C(C)CO)cc1. The number of amides is 7. The number of aliphatic hydroxyl groups is 11. The van der Waals surface area contributed by atoms with E-state index >= 15 is 0 Å². The predicted octanol–water partition coefficient (Wildman–Crippen LogP) is -8.49. The van der Waals surface area contributed by atoms with Crippen LogP contribution in [-0.2, 0) is 95.1 Å². The first-order chi connectivity index (χ1) is 53.1. The zero-order chi connectivity index (χ0) is 82.4. The molecule has 1 aliphatic heterocycles. The third-order valence-corrected chi connectivity index (χ3v) is 16.3. The standard InChI is InChI=1S/C67H119N11O31S2/c1-42(37-80)57(90)60(93)55(74-44(3)83)63(96)107-34-31-101-28-25-98-22-15-70-51(87)12-19-104-40-67(78-53(89)36-72-66(111)77-47-8-6-46(7-9-47)76-65(110)68-5,39-103-18-11-50(86)69-14-21-97-24-27-100-30-33-106-62(95)54(73-43(2)82)58(91)48(85)10-17-79)41-105-20-13-52(88)71-16-23-99-26-29-102-32-35-108-64-56(75-45(4)84)61(94)59(92)49(38-81)109-64/h6-9,42,48-49,54-64,79-81,85,90-96H,10-41H2,1-5H3,(H,69,86)(H,70,87)(H,71,88)(H,73,82)(H,74,83)(H,75,84)(H,78,89)(H2,68,76,110)(H2,72,77,111)/t42?,48-,49?,54?,55?,56?,57-,58-,59-,60+,61+,62-,63-,64+,67?/m0/s1. The molecule has 1 heterocycles. The smallest absolute Gasteiger partial charge is 0.240 e. The zero-order valence-electron chi connectivity index (χ0n) is 63.4. The monoisotopic (exact) mass is 1640 g/mol. The summed E-state index contributed by atoms with van der Waals surface area (Å²) in [5.74, 6) is -4.39. The van der Waals surface area contributed by atoms with Crippen molar-refractivity contribution in [2.75, 3.05) is 202 Å². The number of aliphatic hydroxyl groups excluding tert-OH is 11. The number of anilines is 2. The van der Waals surface area contributed by atoms with E-state index in [1.54, 1.807) is 31.3 Å². The van der Waals surface area contributed by atoms with Crippen LogP contribution in [0.15, 0.2) is 24.3 Å². The molecule has 0 aromatic heterocycles. The van der Waals surface area contributed by atoms with Crippen LogP contribution in [0.25, 0.3) is 0 Å². The molecule has 2 rings (SSSR count). The van der Waals surface area contributed by atoms with Gasteiger partial charge in [0, 0.05) is 97.2 Å². The van der Waals surface area contributed by atoms with Gasteiger partial charge in [-0.15, -0.1) is 0 Å². The number of nitrogens with one attached hydrogen (secondary N) is 11. The van der Waals surface area contributed by atoms with Crippen LogP contribution in [0.5, 0.6) is 0 Å². The Labute approximate surface area is 655 Å². The van der Waals surface area contributed by atoms with Gasteiger partial charge in [-0.1, -0.05) is 6.92 Å². The molecular formula is C67H119N11O31S2. The maximum Gasteiger partial charge on any atom is 0.240 e. The van der Waals surface area contributed by atoms with Gasteiger partial charge >= 0.3 is 0 Å². The number of carbonyl (C=O) groups excluding carboxylic acids is 7. The summed E-state index contributed by atoms with van der Waals surface area (Å²) < 4.78 is 72.9. The number of hydrogen-bond donors (Lipinski definition) is 22. The van der Waals surface area contributed by atoms with Gasteiger partial charge in [-0.05, 0) is 55.1 Å². The van der Waals surface area contributed by atoms with E-state index < -0.39 is 152 Å². The van der Waals surface area contributed by atoms with Crippen molar-refractivity contribution in [1.82, 2.24) is 47.9 Å². The van der Waals surface area contributed by atoms with E-state index in [4.69, 9.17) is 91.1 Å². The molecule has 1 fully saturated rings. The first-order valence-corrected chi connectivity index (χ1v) is 37.0. The third kappa shape index (κ3) is 45.6. The Morgan fingerprint density at radius 1 is 0.505 bits per heavy atom. The fourth-order valence-corrected chi connectivity index (χ4v) is 10.2. The molecule has 1 aromatic rings. The molecule has 0 spiro atoms. The maximum absolute atomic E-state index is 14.0. The van der Waals surface area contributed by atoms with Crippen molar-refractivity contribution in [1.29, 1.82) is 0 Å². The van der Waals surface area contributed by atoms with Crippen molar-refractivity contribution >= 4 is 87.4 Å². The van der Waals surface area contributed by atoms with Crippen LogP contribution in [0.4, 0.5) is 11.4 Å². The van der Waals surface area contributed by atoms with Gasteiger partial charge in [0.2, 0.25) is 41.4 Å². The molecular weight excluding hydrogens is 1520 g/mol. The Bertz CT molecular complexity index is 2780. The minimum Gasteiger partial charge on any atom is -0.396 e. The third-order valence-electron chi connectivity index (χ3n) is 15.7. The number of thiocarbonyl (C=S) groups is 2. The van der Waals surface area contributed by atoms with Crippen molar-refractivity contribution in [3.8, 4) is 0 Å². The van der Waals surface area contributed by atoms with Gasteiger partial charge in [0.25, 0.3) is 0 Å². The van der Waals surface area contributed by atoms with Crippen LogP contribution < -0.4 is 58.5 Å². The molecule has 1 aliphatic rings. The highest BCUT2D eigenvalue weighted by atomic mass is 32.1. The molecule has 7 amide bonds. The van der Waals surface area contributed by atoms with Crippen LogP contribution >= 0.6 is 24.4 Å². The van der Waals surface area contributed by atoms with E-state index in [9.17, 15) is 84.6 Å². The summed E-state index contributed by atoms with van der Waals surface area (Å²) in [4.78, 5) is 88.1. The highest BCUT2D eigenvalue weighted by molar-refractivity contribution is 7.80. The molecule has 0 aliphatic carbocycles. The van der Waals surface area contributed by atoms with E-state index in [-0.39, 0.29) is 196 Å². The van der Waals surface area contributed by atoms with Crippen LogP contribution in [0.1, 0.15) is 53.4 Å². The Hall–Kier alpha value is -6.07. The quantitative estimate of drug-likeness (QED) is 0.0164. The second-order valence-corrected chi connectivity index (χ2v) is 25.9. The molecule has 1 saturated heterocycles. The first kappa shape index (κ1) is 101. The molecule has 44 heteroatoms. The van der Waals surface area contributed by atoms with Gasteiger partial charge in [0.1, 0.15) is 54.2 Å². The van der Waals surface area contributed by atoms with E-state index in [0.717, 1.165) is 13.8 Å². The van der Waals surface area contributed by atoms with Crippen molar-refractivity contribution in [3.05, 3.63) is 24.3 Å². The Balaban J connectivity index is 2.08. The lowest BCUT2D eigenvalue weighted by Crippen LogP contribution is -2.64. The van der Waals surface area contributed by atoms with Crippen molar-refractivity contribution in [2.45, 2.75) is 139 Å². The van der Waals surface area contributed by atoms with E-state index in [0.29, 0.717) is 16.5 Å². The summed E-state index contributed by atoms with van der Waals surface area (Å²) in [6, 6.07) is 3.03. The average Bonchev–Trinajstić information content (AvgIpc) is 0.807. The molecule has 0 bridgehead atoms. The molecule has 1 aromatic carbocycles. The minimum atomic E-state index is -1.73.